The standard InChI is InChI=1S/C19H20N2O2/c1-2-15-11-16-17(9-6-10-18(16)23-13-19(20)22)21(15)12-14-7-4-3-5-8-14/h3-11H,2,12-13H2,1H3,(H2,20,22). The van der Waals surface area contributed by atoms with Crippen LogP contribution in [0.4, 0.5) is 0 Å². The van der Waals surface area contributed by atoms with Crippen LogP contribution in [-0.2, 0) is 17.8 Å². The van der Waals surface area contributed by atoms with Gasteiger partial charge in [0, 0.05) is 17.6 Å². The van der Waals surface area contributed by atoms with E-state index in [-0.39, 0.29) is 6.61 Å². The van der Waals surface area contributed by atoms with Crippen LogP contribution in [0, 0.1) is 0 Å². The summed E-state index contributed by atoms with van der Waals surface area (Å²) in [7, 11) is 0. The van der Waals surface area contributed by atoms with Gasteiger partial charge in [-0.25, -0.2) is 0 Å². The van der Waals surface area contributed by atoms with E-state index < -0.39 is 5.91 Å². The van der Waals surface area contributed by atoms with E-state index in [4.69, 9.17) is 10.5 Å². The third kappa shape index (κ3) is 3.21. The first-order valence-electron chi connectivity index (χ1n) is 7.75. The number of nitrogens with two attached hydrogens (primary N) is 1. The Bertz CT molecular complexity index is 822. The van der Waals surface area contributed by atoms with Gasteiger partial charge in [0.2, 0.25) is 0 Å². The Balaban J connectivity index is 2.03. The highest BCUT2D eigenvalue weighted by Crippen LogP contribution is 2.30. The molecule has 0 aliphatic rings. The molecule has 23 heavy (non-hydrogen) atoms. The molecule has 0 fully saturated rings. The van der Waals surface area contributed by atoms with Gasteiger partial charge < -0.3 is 15.0 Å². The van der Waals surface area contributed by atoms with Gasteiger partial charge in [0.1, 0.15) is 5.75 Å². The van der Waals surface area contributed by atoms with Crippen molar-refractivity contribution in [2.45, 2.75) is 19.9 Å². The van der Waals surface area contributed by atoms with Crippen LogP contribution in [0.5, 0.6) is 5.75 Å². The van der Waals surface area contributed by atoms with E-state index in [0.717, 1.165) is 23.9 Å². The van der Waals surface area contributed by atoms with E-state index in [0.29, 0.717) is 5.75 Å². The second-order valence-electron chi connectivity index (χ2n) is 5.50. The largest absolute Gasteiger partial charge is 0.483 e. The monoisotopic (exact) mass is 308 g/mol. The Morgan fingerprint density at radius 3 is 2.61 bits per heavy atom. The molecule has 3 rings (SSSR count). The molecule has 4 nitrogen and oxygen atoms in total. The molecule has 4 heteroatoms. The Morgan fingerprint density at radius 1 is 1.13 bits per heavy atom. The van der Waals surface area contributed by atoms with E-state index in [1.807, 2.05) is 30.3 Å². The summed E-state index contributed by atoms with van der Waals surface area (Å²) in [6, 6.07) is 18.4. The highest BCUT2D eigenvalue weighted by atomic mass is 16.5. The summed E-state index contributed by atoms with van der Waals surface area (Å²) in [5, 5.41) is 1.02. The smallest absolute Gasteiger partial charge is 0.255 e. The number of hydrogen-bond donors (Lipinski definition) is 1. The molecule has 3 aromatic rings. The molecule has 2 aromatic carbocycles. The molecular formula is C19H20N2O2. The molecule has 0 aliphatic carbocycles. The van der Waals surface area contributed by atoms with Crippen molar-refractivity contribution >= 4 is 16.8 Å². The summed E-state index contributed by atoms with van der Waals surface area (Å²) in [5.41, 5.74) is 8.77. The summed E-state index contributed by atoms with van der Waals surface area (Å²) in [4.78, 5) is 11.0. The Hall–Kier alpha value is -2.75. The van der Waals surface area contributed by atoms with Crippen molar-refractivity contribution in [1.82, 2.24) is 4.57 Å². The highest BCUT2D eigenvalue weighted by molar-refractivity contribution is 5.88. The lowest BCUT2D eigenvalue weighted by Gasteiger charge is -2.10. The van der Waals surface area contributed by atoms with Crippen LogP contribution >= 0.6 is 0 Å². The summed E-state index contributed by atoms with van der Waals surface area (Å²) in [6.45, 7) is 2.84. The number of aromatic nitrogens is 1. The third-order valence-electron chi connectivity index (χ3n) is 3.91. The Morgan fingerprint density at radius 2 is 1.91 bits per heavy atom. The number of amides is 1. The van der Waals surface area contributed by atoms with Crippen molar-refractivity contribution < 1.29 is 9.53 Å². The molecule has 118 valence electrons. The minimum Gasteiger partial charge on any atom is -0.483 e. The van der Waals surface area contributed by atoms with Crippen molar-refractivity contribution in [3.05, 3.63) is 65.9 Å². The zero-order valence-corrected chi connectivity index (χ0v) is 13.2. The van der Waals surface area contributed by atoms with E-state index in [2.05, 4.69) is 35.8 Å². The zero-order valence-electron chi connectivity index (χ0n) is 13.2. The van der Waals surface area contributed by atoms with Gasteiger partial charge in [-0.05, 0) is 30.2 Å². The Labute approximate surface area is 135 Å². The summed E-state index contributed by atoms with van der Waals surface area (Å²) < 4.78 is 7.85. The number of ether oxygens (including phenoxy) is 1. The average Bonchev–Trinajstić information content (AvgIpc) is 2.92. The van der Waals surface area contributed by atoms with Gasteiger partial charge >= 0.3 is 0 Å². The molecule has 0 unspecified atom stereocenters. The first-order valence-corrected chi connectivity index (χ1v) is 7.75. The van der Waals surface area contributed by atoms with Crippen molar-refractivity contribution in [3.63, 3.8) is 0 Å². The lowest BCUT2D eigenvalue weighted by Crippen LogP contribution is -2.20. The SMILES string of the molecule is CCc1cc2c(OCC(N)=O)cccc2n1Cc1ccccc1. The van der Waals surface area contributed by atoms with Gasteiger partial charge in [0.15, 0.2) is 6.61 Å². The lowest BCUT2D eigenvalue weighted by atomic mass is 10.2. The second-order valence-corrected chi connectivity index (χ2v) is 5.50. The molecule has 2 N–H and O–H groups in total. The fourth-order valence-corrected chi connectivity index (χ4v) is 2.83. The second kappa shape index (κ2) is 6.57. The quantitative estimate of drug-likeness (QED) is 0.760. The van der Waals surface area contributed by atoms with Crippen molar-refractivity contribution in [2.75, 3.05) is 6.61 Å². The van der Waals surface area contributed by atoms with Crippen LogP contribution in [0.3, 0.4) is 0 Å². The topological polar surface area (TPSA) is 57.2 Å². The van der Waals surface area contributed by atoms with Crippen LogP contribution < -0.4 is 10.5 Å². The van der Waals surface area contributed by atoms with E-state index in [1.165, 1.54) is 11.3 Å². The van der Waals surface area contributed by atoms with Gasteiger partial charge in [-0.15, -0.1) is 0 Å². The summed E-state index contributed by atoms with van der Waals surface area (Å²) >= 11 is 0. The maximum absolute atomic E-state index is 11.0. The number of aryl methyl sites for hydroxylation is 1. The molecule has 0 bridgehead atoms. The number of primary amides is 1. The number of rotatable bonds is 6. The first-order chi connectivity index (χ1) is 11.2. The fourth-order valence-electron chi connectivity index (χ4n) is 2.83. The maximum Gasteiger partial charge on any atom is 0.255 e. The van der Waals surface area contributed by atoms with Crippen LogP contribution in [0.25, 0.3) is 10.9 Å². The number of benzene rings is 2. The normalized spacial score (nSPS) is 10.8. The van der Waals surface area contributed by atoms with Gasteiger partial charge in [-0.3, -0.25) is 4.79 Å². The van der Waals surface area contributed by atoms with E-state index >= 15 is 0 Å². The number of fused-ring (bicyclic) bond motifs is 1. The molecule has 0 saturated carbocycles. The summed E-state index contributed by atoms with van der Waals surface area (Å²) in [5.74, 6) is 0.226. The van der Waals surface area contributed by atoms with Crippen LogP contribution in [0.2, 0.25) is 0 Å². The predicted molar refractivity (Wildman–Crippen MR) is 91.5 cm³/mol. The maximum atomic E-state index is 11.0. The van der Waals surface area contributed by atoms with Gasteiger partial charge in [0.25, 0.3) is 5.91 Å². The number of hydrogen-bond acceptors (Lipinski definition) is 2. The Kier molecular flexibility index (Phi) is 4.33. The molecule has 0 saturated heterocycles. The first kappa shape index (κ1) is 15.2. The lowest BCUT2D eigenvalue weighted by molar-refractivity contribution is -0.119. The van der Waals surface area contributed by atoms with Crippen molar-refractivity contribution in [2.24, 2.45) is 5.73 Å². The molecule has 1 heterocycles. The fraction of sp³-hybridized carbons (Fsp3) is 0.211. The highest BCUT2D eigenvalue weighted by Gasteiger charge is 2.12. The van der Waals surface area contributed by atoms with Crippen molar-refractivity contribution in [3.8, 4) is 5.75 Å². The van der Waals surface area contributed by atoms with Gasteiger partial charge in [-0.1, -0.05) is 43.3 Å². The van der Waals surface area contributed by atoms with Crippen molar-refractivity contribution in [1.29, 1.82) is 0 Å². The number of carbonyl (C=O) groups is 1. The van der Waals surface area contributed by atoms with Crippen LogP contribution in [0.15, 0.2) is 54.6 Å². The molecule has 1 amide bonds. The number of carbonyl (C=O) groups excluding carboxylic acids is 1. The summed E-state index contributed by atoms with van der Waals surface area (Å²) in [6.07, 6.45) is 0.927. The van der Waals surface area contributed by atoms with E-state index in [1.54, 1.807) is 0 Å². The number of nitrogens with zero attached hydrogens (tertiary/aromatic N) is 1. The van der Waals surface area contributed by atoms with Crippen LogP contribution in [-0.4, -0.2) is 17.1 Å². The van der Waals surface area contributed by atoms with Crippen LogP contribution in [0.1, 0.15) is 18.2 Å². The molecule has 0 spiro atoms. The molecule has 0 atom stereocenters. The molecule has 0 aliphatic heterocycles. The molecule has 1 aromatic heterocycles. The van der Waals surface area contributed by atoms with Gasteiger partial charge in [-0.2, -0.15) is 0 Å². The molecule has 0 radical (unpaired) electrons. The average molecular weight is 308 g/mol. The minimum absolute atomic E-state index is 0.107. The predicted octanol–water partition coefficient (Wildman–Crippen LogP) is 3.12. The van der Waals surface area contributed by atoms with Gasteiger partial charge in [0.05, 0.1) is 5.52 Å². The molecular weight excluding hydrogens is 288 g/mol. The minimum atomic E-state index is -0.471. The third-order valence-corrected chi connectivity index (χ3v) is 3.91. The zero-order chi connectivity index (χ0) is 16.2. The van der Waals surface area contributed by atoms with E-state index in [9.17, 15) is 4.79 Å².